The third-order valence-corrected chi connectivity index (χ3v) is 8.70. The van der Waals surface area contributed by atoms with Gasteiger partial charge in [0.2, 0.25) is 0 Å². The molecule has 3 aromatic heterocycles. The molecule has 0 radical (unpaired) electrons. The van der Waals surface area contributed by atoms with E-state index in [1.807, 2.05) is 23.6 Å². The van der Waals surface area contributed by atoms with Gasteiger partial charge in [0.05, 0.1) is 16.7 Å². The Morgan fingerprint density at radius 3 is 2.53 bits per heavy atom. The van der Waals surface area contributed by atoms with Crippen LogP contribution in [0.1, 0.15) is 17.5 Å². The van der Waals surface area contributed by atoms with Gasteiger partial charge in [-0.25, -0.2) is 0 Å². The third-order valence-electron chi connectivity index (χ3n) is 7.49. The van der Waals surface area contributed by atoms with Gasteiger partial charge in [0.15, 0.2) is 0 Å². The maximum absolute atomic E-state index is 4.65. The fraction of sp³-hybridized carbons (Fsp3) is 0.0606. The average molecular weight is 479 g/mol. The van der Waals surface area contributed by atoms with Crippen molar-refractivity contribution in [3.8, 4) is 16.9 Å². The number of pyridine rings is 1. The molecule has 0 saturated carbocycles. The zero-order valence-corrected chi connectivity index (χ0v) is 20.4. The highest BCUT2D eigenvalue weighted by Crippen LogP contribution is 2.48. The first kappa shape index (κ1) is 20.0. The van der Waals surface area contributed by atoms with Gasteiger partial charge in [0.25, 0.3) is 0 Å². The van der Waals surface area contributed by atoms with Crippen molar-refractivity contribution >= 4 is 59.4 Å². The van der Waals surface area contributed by atoms with Crippen LogP contribution in [0.3, 0.4) is 0 Å². The SMILES string of the molecule is C1=Cc2c(c3c4cc(-c5ccccn5)ccc4n(-c4ccccc4)c3c3c2sc2ccccc23)CC1. The first-order valence-corrected chi connectivity index (χ1v) is 13.3. The second-order valence-corrected chi connectivity index (χ2v) is 10.5. The van der Waals surface area contributed by atoms with E-state index in [0.717, 1.165) is 24.1 Å². The first-order chi connectivity index (χ1) is 17.9. The monoisotopic (exact) mass is 478 g/mol. The quantitative estimate of drug-likeness (QED) is 0.242. The van der Waals surface area contributed by atoms with Crippen LogP contribution < -0.4 is 0 Å². The largest absolute Gasteiger partial charge is 0.309 e. The number of hydrogen-bond acceptors (Lipinski definition) is 2. The topological polar surface area (TPSA) is 17.8 Å². The molecule has 7 aromatic rings. The standard InChI is InChI=1S/C33H22N2S/c1-2-10-22(11-3-1)35-28-18-17-21(27-15-8-9-19-34-27)20-26(28)30-23-12-4-5-13-24(23)33-31(32(30)35)25-14-6-7-16-29(25)36-33/h1-3,5-11,13-20H,4,12H2. The van der Waals surface area contributed by atoms with E-state index in [0.29, 0.717) is 0 Å². The Balaban J connectivity index is 1.65. The molecule has 8 rings (SSSR count). The number of thiophene rings is 1. The summed E-state index contributed by atoms with van der Waals surface area (Å²) in [5, 5.41) is 5.41. The number of hydrogen-bond donors (Lipinski definition) is 0. The molecule has 170 valence electrons. The maximum Gasteiger partial charge on any atom is 0.0702 e. The molecule has 0 saturated heterocycles. The molecule has 0 N–H and O–H groups in total. The van der Waals surface area contributed by atoms with Gasteiger partial charge in [-0.15, -0.1) is 11.3 Å². The van der Waals surface area contributed by atoms with Gasteiger partial charge in [-0.3, -0.25) is 4.98 Å². The van der Waals surface area contributed by atoms with Crippen LogP contribution in [0.25, 0.3) is 65.0 Å². The number of rotatable bonds is 2. The van der Waals surface area contributed by atoms with Gasteiger partial charge >= 0.3 is 0 Å². The van der Waals surface area contributed by atoms with Gasteiger partial charge in [-0.05, 0) is 66.4 Å². The Kier molecular flexibility index (Phi) is 4.25. The second kappa shape index (κ2) is 7.64. The highest BCUT2D eigenvalue weighted by atomic mass is 32.1. The van der Waals surface area contributed by atoms with Crippen LogP contribution in [0.5, 0.6) is 0 Å². The Morgan fingerprint density at radius 2 is 1.64 bits per heavy atom. The molecular formula is C33H22N2S. The van der Waals surface area contributed by atoms with E-state index in [1.165, 1.54) is 58.8 Å². The molecule has 1 aliphatic carbocycles. The summed E-state index contributed by atoms with van der Waals surface area (Å²) in [6.07, 6.45) is 8.73. The van der Waals surface area contributed by atoms with Crippen LogP contribution in [0.2, 0.25) is 0 Å². The predicted molar refractivity (Wildman–Crippen MR) is 154 cm³/mol. The van der Waals surface area contributed by atoms with Crippen LogP contribution in [-0.2, 0) is 6.42 Å². The Bertz CT molecular complexity index is 1980. The molecule has 0 unspecified atom stereocenters. The number of aryl methyl sites for hydroxylation is 1. The molecule has 0 bridgehead atoms. The van der Waals surface area contributed by atoms with Gasteiger partial charge in [0.1, 0.15) is 0 Å². The number of nitrogens with zero attached hydrogens (tertiary/aromatic N) is 2. The molecule has 3 heteroatoms. The lowest BCUT2D eigenvalue weighted by Gasteiger charge is -2.16. The molecule has 3 heterocycles. The lowest BCUT2D eigenvalue weighted by atomic mass is 9.90. The molecular weight excluding hydrogens is 456 g/mol. The van der Waals surface area contributed by atoms with Crippen molar-refractivity contribution in [2.24, 2.45) is 0 Å². The minimum Gasteiger partial charge on any atom is -0.309 e. The normalized spacial score (nSPS) is 13.2. The summed E-state index contributed by atoms with van der Waals surface area (Å²) in [5.41, 5.74) is 8.82. The van der Waals surface area contributed by atoms with E-state index in [4.69, 9.17) is 0 Å². The molecule has 2 nitrogen and oxygen atoms in total. The molecule has 4 aromatic carbocycles. The lowest BCUT2D eigenvalue weighted by Crippen LogP contribution is -1.98. The Hall–Kier alpha value is -4.21. The Morgan fingerprint density at radius 1 is 0.778 bits per heavy atom. The van der Waals surface area contributed by atoms with Crippen molar-refractivity contribution in [3.05, 3.63) is 114 Å². The first-order valence-electron chi connectivity index (χ1n) is 12.5. The summed E-state index contributed by atoms with van der Waals surface area (Å²) in [6.45, 7) is 0. The zero-order valence-electron chi connectivity index (χ0n) is 19.6. The fourth-order valence-electron chi connectivity index (χ4n) is 5.98. The minimum absolute atomic E-state index is 1.01. The maximum atomic E-state index is 4.65. The van der Waals surface area contributed by atoms with Crippen LogP contribution in [0.4, 0.5) is 0 Å². The van der Waals surface area contributed by atoms with E-state index < -0.39 is 0 Å². The van der Waals surface area contributed by atoms with Crippen LogP contribution in [-0.4, -0.2) is 9.55 Å². The number of benzene rings is 4. The molecule has 36 heavy (non-hydrogen) atoms. The van der Waals surface area contributed by atoms with Gasteiger partial charge in [0, 0.05) is 48.4 Å². The summed E-state index contributed by atoms with van der Waals surface area (Å²) in [7, 11) is 0. The van der Waals surface area contributed by atoms with Crippen molar-refractivity contribution < 1.29 is 0 Å². The summed E-state index contributed by atoms with van der Waals surface area (Å²) in [4.78, 5) is 4.65. The minimum atomic E-state index is 1.01. The summed E-state index contributed by atoms with van der Waals surface area (Å²) < 4.78 is 5.24. The smallest absolute Gasteiger partial charge is 0.0702 e. The number of para-hydroxylation sites is 1. The lowest BCUT2D eigenvalue weighted by molar-refractivity contribution is 1.00. The van der Waals surface area contributed by atoms with Crippen LogP contribution in [0.15, 0.2) is 103 Å². The second-order valence-electron chi connectivity index (χ2n) is 9.48. The molecule has 0 spiro atoms. The van der Waals surface area contributed by atoms with Crippen LogP contribution in [0, 0.1) is 0 Å². The van der Waals surface area contributed by atoms with E-state index >= 15 is 0 Å². The van der Waals surface area contributed by atoms with Crippen molar-refractivity contribution in [2.75, 3.05) is 0 Å². The van der Waals surface area contributed by atoms with Crippen molar-refractivity contribution in [1.82, 2.24) is 9.55 Å². The van der Waals surface area contributed by atoms with E-state index in [9.17, 15) is 0 Å². The molecule has 0 amide bonds. The molecule has 0 aliphatic heterocycles. The fourth-order valence-corrected chi connectivity index (χ4v) is 7.23. The summed E-state index contributed by atoms with van der Waals surface area (Å²) in [5.74, 6) is 0. The molecule has 1 aliphatic rings. The number of aromatic nitrogens is 2. The van der Waals surface area contributed by atoms with Gasteiger partial charge in [-0.1, -0.05) is 60.7 Å². The van der Waals surface area contributed by atoms with E-state index in [-0.39, 0.29) is 0 Å². The zero-order chi connectivity index (χ0) is 23.6. The van der Waals surface area contributed by atoms with Gasteiger partial charge in [-0.2, -0.15) is 0 Å². The highest BCUT2D eigenvalue weighted by Gasteiger charge is 2.25. The molecule has 0 atom stereocenters. The van der Waals surface area contributed by atoms with Crippen molar-refractivity contribution in [1.29, 1.82) is 0 Å². The summed E-state index contributed by atoms with van der Waals surface area (Å²) >= 11 is 1.93. The average Bonchev–Trinajstić information content (AvgIpc) is 3.50. The number of allylic oxidation sites excluding steroid dienone is 1. The Labute approximate surface area is 212 Å². The number of fused-ring (bicyclic) bond motifs is 10. The predicted octanol–water partition coefficient (Wildman–Crippen LogP) is 9.17. The molecule has 0 fully saturated rings. The van der Waals surface area contributed by atoms with E-state index in [2.05, 4.69) is 107 Å². The third kappa shape index (κ3) is 2.75. The summed E-state index contributed by atoms with van der Waals surface area (Å²) in [6, 6.07) is 32.7. The van der Waals surface area contributed by atoms with Crippen LogP contribution >= 0.6 is 11.3 Å². The van der Waals surface area contributed by atoms with E-state index in [1.54, 1.807) is 0 Å². The van der Waals surface area contributed by atoms with Gasteiger partial charge < -0.3 is 4.57 Å². The highest BCUT2D eigenvalue weighted by molar-refractivity contribution is 7.26. The van der Waals surface area contributed by atoms with Crippen molar-refractivity contribution in [3.63, 3.8) is 0 Å². The van der Waals surface area contributed by atoms with Crippen molar-refractivity contribution in [2.45, 2.75) is 12.8 Å².